The van der Waals surface area contributed by atoms with Crippen LogP contribution in [0.15, 0.2) is 66.7 Å². The molecule has 0 aliphatic heterocycles. The van der Waals surface area contributed by atoms with Gasteiger partial charge in [-0.05, 0) is 31.3 Å². The molecule has 116 valence electrons. The minimum atomic E-state index is 0.288. The zero-order valence-electron chi connectivity index (χ0n) is 12.7. The maximum Gasteiger partial charge on any atom is 0.126 e. The fraction of sp³-hybridized carbons (Fsp3) is 0.111. The largest absolute Gasteiger partial charge is 0.508 e. The lowest BCUT2D eigenvalue weighted by molar-refractivity contribution is 0.418. The molecule has 0 amide bonds. The Morgan fingerprint density at radius 3 is 1.77 bits per heavy atom. The number of nitrogens with two attached hydrogens (primary N) is 1. The van der Waals surface area contributed by atoms with Gasteiger partial charge in [-0.2, -0.15) is 0 Å². The number of hydrogen-bond donors (Lipinski definition) is 3. The van der Waals surface area contributed by atoms with Gasteiger partial charge in [0, 0.05) is 10.8 Å². The number of rotatable bonds is 1. The quantitative estimate of drug-likeness (QED) is 0.642. The van der Waals surface area contributed by atoms with E-state index in [0.717, 1.165) is 16.5 Å². The summed E-state index contributed by atoms with van der Waals surface area (Å²) in [7, 11) is 3.12. The second-order valence-electron chi connectivity index (χ2n) is 4.17. The number of para-hydroxylation sites is 1. The molecule has 3 aromatic rings. The van der Waals surface area contributed by atoms with Crippen molar-refractivity contribution in [1.82, 2.24) is 0 Å². The molecule has 4 nitrogen and oxygen atoms in total. The van der Waals surface area contributed by atoms with E-state index in [4.69, 9.17) is 9.84 Å². The number of hydrogen-bond acceptors (Lipinski definition) is 4. The Hall–Kier alpha value is -2.72. The summed E-state index contributed by atoms with van der Waals surface area (Å²) >= 11 is 0. The van der Waals surface area contributed by atoms with Crippen LogP contribution in [-0.4, -0.2) is 24.4 Å². The van der Waals surface area contributed by atoms with E-state index >= 15 is 0 Å². The van der Waals surface area contributed by atoms with Crippen molar-refractivity contribution >= 4 is 10.8 Å². The van der Waals surface area contributed by atoms with Crippen LogP contribution in [0.3, 0.4) is 0 Å². The summed E-state index contributed by atoms with van der Waals surface area (Å²) in [4.78, 5) is 0. The fourth-order valence-electron chi connectivity index (χ4n) is 1.86. The third-order valence-corrected chi connectivity index (χ3v) is 2.84. The summed E-state index contributed by atoms with van der Waals surface area (Å²) < 4.78 is 5.17. The van der Waals surface area contributed by atoms with E-state index in [1.165, 1.54) is 7.05 Å². The van der Waals surface area contributed by atoms with Crippen molar-refractivity contribution in [3.63, 3.8) is 0 Å². The average molecular weight is 299 g/mol. The van der Waals surface area contributed by atoms with Crippen molar-refractivity contribution < 1.29 is 14.9 Å². The summed E-state index contributed by atoms with van der Waals surface area (Å²) in [5.41, 5.74) is 4.50. The first-order valence-electron chi connectivity index (χ1n) is 6.79. The molecule has 0 fully saturated rings. The number of methoxy groups -OCH3 is 1. The normalized spacial score (nSPS) is 9.05. The van der Waals surface area contributed by atoms with Crippen LogP contribution < -0.4 is 10.5 Å². The number of ether oxygens (including phenoxy) is 1. The number of phenols is 2. The standard InChI is InChI=1S/C11H10O2.C6H6O.CH5N/c1-13-11-7-6-10(12)8-4-2-3-5-9(8)11;7-6-4-2-1-3-5-6;1-2/h2-7,12H,1H3;1-5,7H;2H2,1H3. The molecular formula is C18H21NO3. The van der Waals surface area contributed by atoms with Gasteiger partial charge in [-0.3, -0.25) is 0 Å². The number of fused-ring (bicyclic) bond motifs is 1. The SMILES string of the molecule is CN.COc1ccc(O)c2ccccc12.Oc1ccccc1. The molecule has 0 aliphatic rings. The topological polar surface area (TPSA) is 75.7 Å². The lowest BCUT2D eigenvalue weighted by atomic mass is 10.1. The molecule has 3 rings (SSSR count). The molecule has 0 unspecified atom stereocenters. The van der Waals surface area contributed by atoms with Crippen LogP contribution in [0.4, 0.5) is 0 Å². The molecule has 4 heteroatoms. The van der Waals surface area contributed by atoms with Crippen molar-refractivity contribution in [2.45, 2.75) is 0 Å². The summed E-state index contributed by atoms with van der Waals surface area (Å²) in [5, 5.41) is 19.9. The van der Waals surface area contributed by atoms with E-state index in [0.29, 0.717) is 5.75 Å². The van der Waals surface area contributed by atoms with Crippen molar-refractivity contribution in [2.24, 2.45) is 5.73 Å². The van der Waals surface area contributed by atoms with Crippen LogP contribution in [0, 0.1) is 0 Å². The molecule has 0 saturated carbocycles. The van der Waals surface area contributed by atoms with E-state index in [2.05, 4.69) is 5.73 Å². The van der Waals surface area contributed by atoms with Crippen LogP contribution in [0.5, 0.6) is 17.2 Å². The van der Waals surface area contributed by atoms with E-state index < -0.39 is 0 Å². The molecule has 0 bridgehead atoms. The van der Waals surface area contributed by atoms with E-state index in [-0.39, 0.29) is 5.75 Å². The first-order valence-corrected chi connectivity index (χ1v) is 6.79. The lowest BCUT2D eigenvalue weighted by Gasteiger charge is -2.05. The minimum Gasteiger partial charge on any atom is -0.508 e. The van der Waals surface area contributed by atoms with Gasteiger partial charge in [0.1, 0.15) is 17.2 Å². The summed E-state index contributed by atoms with van der Waals surface area (Å²) in [6.45, 7) is 0. The molecule has 0 heterocycles. The molecular weight excluding hydrogens is 278 g/mol. The summed E-state index contributed by atoms with van der Waals surface area (Å²) in [6, 6.07) is 19.7. The monoisotopic (exact) mass is 299 g/mol. The molecule has 3 aromatic carbocycles. The maximum atomic E-state index is 9.54. The third-order valence-electron chi connectivity index (χ3n) is 2.84. The van der Waals surface area contributed by atoms with E-state index in [9.17, 15) is 5.11 Å². The second kappa shape index (κ2) is 9.26. The molecule has 4 N–H and O–H groups in total. The minimum absolute atomic E-state index is 0.288. The first kappa shape index (κ1) is 17.3. The van der Waals surface area contributed by atoms with Gasteiger partial charge in [-0.15, -0.1) is 0 Å². The van der Waals surface area contributed by atoms with Crippen LogP contribution in [0.1, 0.15) is 0 Å². The Morgan fingerprint density at radius 2 is 1.27 bits per heavy atom. The summed E-state index contributed by atoms with van der Waals surface area (Å²) in [5.74, 6) is 1.40. The van der Waals surface area contributed by atoms with E-state index in [1.54, 1.807) is 43.5 Å². The Kier molecular flexibility index (Phi) is 7.29. The predicted molar refractivity (Wildman–Crippen MR) is 90.4 cm³/mol. The molecule has 0 aromatic heterocycles. The van der Waals surface area contributed by atoms with Gasteiger partial charge in [0.05, 0.1) is 7.11 Å². The molecule has 0 atom stereocenters. The first-order chi connectivity index (χ1) is 10.7. The number of aromatic hydroxyl groups is 2. The van der Waals surface area contributed by atoms with Gasteiger partial charge in [0.25, 0.3) is 0 Å². The maximum absolute atomic E-state index is 9.54. The Morgan fingerprint density at radius 1 is 0.727 bits per heavy atom. The highest BCUT2D eigenvalue weighted by atomic mass is 16.5. The predicted octanol–water partition coefficient (Wildman–Crippen LogP) is 3.52. The number of benzene rings is 3. The number of phenolic OH excluding ortho intramolecular Hbond substituents is 2. The van der Waals surface area contributed by atoms with Gasteiger partial charge < -0.3 is 20.7 Å². The van der Waals surface area contributed by atoms with Crippen LogP contribution in [0.2, 0.25) is 0 Å². The van der Waals surface area contributed by atoms with E-state index in [1.807, 2.05) is 30.3 Å². The molecule has 0 saturated heterocycles. The van der Waals surface area contributed by atoms with Crippen molar-refractivity contribution in [2.75, 3.05) is 14.2 Å². The third kappa shape index (κ3) is 4.68. The Balaban J connectivity index is 0.000000228. The highest BCUT2D eigenvalue weighted by Crippen LogP contribution is 2.31. The highest BCUT2D eigenvalue weighted by molar-refractivity contribution is 5.92. The van der Waals surface area contributed by atoms with Crippen molar-refractivity contribution in [3.8, 4) is 17.2 Å². The van der Waals surface area contributed by atoms with Crippen molar-refractivity contribution in [3.05, 3.63) is 66.7 Å². The van der Waals surface area contributed by atoms with Crippen LogP contribution in [-0.2, 0) is 0 Å². The molecule has 0 radical (unpaired) electrons. The van der Waals surface area contributed by atoms with Crippen LogP contribution >= 0.6 is 0 Å². The average Bonchev–Trinajstić information content (AvgIpc) is 2.59. The van der Waals surface area contributed by atoms with Gasteiger partial charge in [-0.1, -0.05) is 42.5 Å². The van der Waals surface area contributed by atoms with Gasteiger partial charge in [0.15, 0.2) is 0 Å². The van der Waals surface area contributed by atoms with Gasteiger partial charge in [-0.25, -0.2) is 0 Å². The van der Waals surface area contributed by atoms with Gasteiger partial charge in [0.2, 0.25) is 0 Å². The highest BCUT2D eigenvalue weighted by Gasteiger charge is 2.03. The molecule has 0 spiro atoms. The molecule has 22 heavy (non-hydrogen) atoms. The molecule has 0 aliphatic carbocycles. The summed E-state index contributed by atoms with van der Waals surface area (Å²) in [6.07, 6.45) is 0. The Bertz CT molecular complexity index is 684. The Labute approximate surface area is 130 Å². The fourth-order valence-corrected chi connectivity index (χ4v) is 1.86. The van der Waals surface area contributed by atoms with Crippen LogP contribution in [0.25, 0.3) is 10.8 Å². The van der Waals surface area contributed by atoms with Gasteiger partial charge >= 0.3 is 0 Å². The zero-order chi connectivity index (χ0) is 16.4. The lowest BCUT2D eigenvalue weighted by Crippen LogP contribution is -1.84. The smallest absolute Gasteiger partial charge is 0.126 e. The van der Waals surface area contributed by atoms with Crippen molar-refractivity contribution in [1.29, 1.82) is 0 Å². The zero-order valence-corrected chi connectivity index (χ0v) is 12.7. The second-order valence-corrected chi connectivity index (χ2v) is 4.17.